The maximum atomic E-state index is 11.6. The molecule has 3 N–H and O–H groups in total. The van der Waals surface area contributed by atoms with Gasteiger partial charge in [0, 0.05) is 12.0 Å². The summed E-state index contributed by atoms with van der Waals surface area (Å²) < 4.78 is 0. The standard InChI is InChI=1S/C12H15NO4/c1-7(2)11(16)6-13-12(17)9-4-3-8(14)5-10(9)15/h3-5,7,14-15H,6H2,1-2H3,(H,13,17). The molecule has 5 nitrogen and oxygen atoms in total. The number of phenolic OH excluding ortho intramolecular Hbond substituents is 2. The Labute approximate surface area is 99.1 Å². The minimum atomic E-state index is -0.545. The van der Waals surface area contributed by atoms with E-state index in [0.29, 0.717) is 0 Å². The van der Waals surface area contributed by atoms with Crippen LogP contribution < -0.4 is 5.32 Å². The average Bonchev–Trinajstić information content (AvgIpc) is 2.25. The lowest BCUT2D eigenvalue weighted by atomic mass is 10.1. The molecule has 1 aromatic carbocycles. The number of amides is 1. The molecule has 0 bridgehead atoms. The van der Waals surface area contributed by atoms with Gasteiger partial charge in [0.25, 0.3) is 5.91 Å². The fourth-order valence-electron chi connectivity index (χ4n) is 1.18. The third kappa shape index (κ3) is 3.48. The Morgan fingerprint density at radius 1 is 1.29 bits per heavy atom. The lowest BCUT2D eigenvalue weighted by molar-refractivity contribution is -0.120. The fourth-order valence-corrected chi connectivity index (χ4v) is 1.18. The largest absolute Gasteiger partial charge is 0.508 e. The minimum Gasteiger partial charge on any atom is -0.508 e. The number of rotatable bonds is 4. The number of carbonyl (C=O) groups excluding carboxylic acids is 2. The van der Waals surface area contributed by atoms with Crippen molar-refractivity contribution in [2.75, 3.05) is 6.54 Å². The molecule has 0 aliphatic rings. The van der Waals surface area contributed by atoms with Crippen LogP contribution in [0.5, 0.6) is 11.5 Å². The molecule has 0 atom stereocenters. The summed E-state index contributed by atoms with van der Waals surface area (Å²) in [6, 6.07) is 3.65. The second kappa shape index (κ2) is 5.34. The third-order valence-corrected chi connectivity index (χ3v) is 2.29. The summed E-state index contributed by atoms with van der Waals surface area (Å²) in [7, 11) is 0. The van der Waals surface area contributed by atoms with E-state index in [-0.39, 0.29) is 35.3 Å². The molecule has 0 saturated heterocycles. The highest BCUT2D eigenvalue weighted by molar-refractivity contribution is 5.99. The zero-order valence-corrected chi connectivity index (χ0v) is 9.73. The Morgan fingerprint density at radius 2 is 1.94 bits per heavy atom. The van der Waals surface area contributed by atoms with Crippen molar-refractivity contribution in [1.82, 2.24) is 5.32 Å². The summed E-state index contributed by atoms with van der Waals surface area (Å²) in [5.74, 6) is -1.23. The van der Waals surface area contributed by atoms with Crippen LogP contribution in [0, 0.1) is 5.92 Å². The second-order valence-electron chi connectivity index (χ2n) is 4.01. The number of nitrogens with one attached hydrogen (secondary N) is 1. The van der Waals surface area contributed by atoms with Gasteiger partial charge in [-0.05, 0) is 12.1 Å². The van der Waals surface area contributed by atoms with Crippen LogP contribution in [0.3, 0.4) is 0 Å². The van der Waals surface area contributed by atoms with E-state index in [1.807, 2.05) is 0 Å². The number of ketones is 1. The molecule has 0 heterocycles. The minimum absolute atomic E-state index is 0.0272. The number of hydrogen-bond donors (Lipinski definition) is 3. The summed E-state index contributed by atoms with van der Waals surface area (Å²) in [6.45, 7) is 3.41. The number of hydrogen-bond acceptors (Lipinski definition) is 4. The molecule has 1 rings (SSSR count). The summed E-state index contributed by atoms with van der Waals surface area (Å²) >= 11 is 0. The first-order valence-electron chi connectivity index (χ1n) is 5.24. The molecular weight excluding hydrogens is 222 g/mol. The maximum Gasteiger partial charge on any atom is 0.255 e. The highest BCUT2D eigenvalue weighted by atomic mass is 16.3. The monoisotopic (exact) mass is 237 g/mol. The van der Waals surface area contributed by atoms with E-state index >= 15 is 0 Å². The highest BCUT2D eigenvalue weighted by Crippen LogP contribution is 2.22. The van der Waals surface area contributed by atoms with Gasteiger partial charge in [-0.2, -0.15) is 0 Å². The number of carbonyl (C=O) groups is 2. The van der Waals surface area contributed by atoms with E-state index in [0.717, 1.165) is 6.07 Å². The molecule has 0 saturated carbocycles. The van der Waals surface area contributed by atoms with E-state index in [2.05, 4.69) is 5.32 Å². The molecule has 0 unspecified atom stereocenters. The molecule has 0 fully saturated rings. The Balaban J connectivity index is 2.68. The lowest BCUT2D eigenvalue weighted by Crippen LogP contribution is -2.31. The van der Waals surface area contributed by atoms with Crippen molar-refractivity contribution < 1.29 is 19.8 Å². The van der Waals surface area contributed by atoms with Gasteiger partial charge in [-0.15, -0.1) is 0 Å². The fraction of sp³-hybridized carbons (Fsp3) is 0.333. The summed E-state index contributed by atoms with van der Waals surface area (Å²) in [4.78, 5) is 22.9. The van der Waals surface area contributed by atoms with Gasteiger partial charge in [0.05, 0.1) is 12.1 Å². The third-order valence-electron chi connectivity index (χ3n) is 2.29. The van der Waals surface area contributed by atoms with E-state index in [9.17, 15) is 14.7 Å². The second-order valence-corrected chi connectivity index (χ2v) is 4.01. The topological polar surface area (TPSA) is 86.6 Å². The maximum absolute atomic E-state index is 11.6. The van der Waals surface area contributed by atoms with Crippen LogP contribution in [0.4, 0.5) is 0 Å². The van der Waals surface area contributed by atoms with Gasteiger partial charge in [-0.25, -0.2) is 0 Å². The first kappa shape index (κ1) is 13.0. The first-order chi connectivity index (χ1) is 7.91. The number of phenols is 2. The molecule has 92 valence electrons. The molecule has 1 amide bonds. The number of benzene rings is 1. The Bertz CT molecular complexity index is 440. The summed E-state index contributed by atoms with van der Waals surface area (Å²) in [5.41, 5.74) is 0.0272. The molecule has 0 radical (unpaired) electrons. The summed E-state index contributed by atoms with van der Waals surface area (Å²) in [6.07, 6.45) is 0. The van der Waals surface area contributed by atoms with Gasteiger partial charge in [-0.3, -0.25) is 9.59 Å². The van der Waals surface area contributed by atoms with Crippen molar-refractivity contribution in [3.8, 4) is 11.5 Å². The van der Waals surface area contributed by atoms with Crippen molar-refractivity contribution in [3.05, 3.63) is 23.8 Å². The molecule has 0 spiro atoms. The van der Waals surface area contributed by atoms with Gasteiger partial charge in [0.2, 0.25) is 0 Å². The predicted molar refractivity (Wildman–Crippen MR) is 61.9 cm³/mol. The Kier molecular flexibility index (Phi) is 4.09. The van der Waals surface area contributed by atoms with Crippen LogP contribution >= 0.6 is 0 Å². The molecule has 5 heteroatoms. The Hall–Kier alpha value is -2.04. The van der Waals surface area contributed by atoms with E-state index < -0.39 is 5.91 Å². The normalized spacial score (nSPS) is 10.3. The van der Waals surface area contributed by atoms with Crippen LogP contribution in [-0.4, -0.2) is 28.4 Å². The van der Waals surface area contributed by atoms with Crippen LogP contribution in [-0.2, 0) is 4.79 Å². The van der Waals surface area contributed by atoms with Gasteiger partial charge in [0.1, 0.15) is 11.5 Å². The zero-order valence-electron chi connectivity index (χ0n) is 9.73. The molecule has 17 heavy (non-hydrogen) atoms. The van der Waals surface area contributed by atoms with Crippen LogP contribution in [0.2, 0.25) is 0 Å². The van der Waals surface area contributed by atoms with Crippen molar-refractivity contribution >= 4 is 11.7 Å². The van der Waals surface area contributed by atoms with E-state index in [1.165, 1.54) is 12.1 Å². The van der Waals surface area contributed by atoms with Crippen LogP contribution in [0.15, 0.2) is 18.2 Å². The molecular formula is C12H15NO4. The SMILES string of the molecule is CC(C)C(=O)CNC(=O)c1ccc(O)cc1O. The predicted octanol–water partition coefficient (Wildman–Crippen LogP) is 1.05. The molecule has 0 aliphatic heterocycles. The average molecular weight is 237 g/mol. The lowest BCUT2D eigenvalue weighted by Gasteiger charge is -2.08. The molecule has 0 aromatic heterocycles. The smallest absolute Gasteiger partial charge is 0.255 e. The summed E-state index contributed by atoms with van der Waals surface area (Å²) in [5, 5.41) is 20.9. The first-order valence-corrected chi connectivity index (χ1v) is 5.24. The van der Waals surface area contributed by atoms with Gasteiger partial charge < -0.3 is 15.5 Å². The van der Waals surface area contributed by atoms with Gasteiger partial charge >= 0.3 is 0 Å². The van der Waals surface area contributed by atoms with Crippen molar-refractivity contribution in [2.45, 2.75) is 13.8 Å². The van der Waals surface area contributed by atoms with Crippen molar-refractivity contribution in [3.63, 3.8) is 0 Å². The quantitative estimate of drug-likeness (QED) is 0.730. The number of aromatic hydroxyl groups is 2. The van der Waals surface area contributed by atoms with E-state index in [1.54, 1.807) is 13.8 Å². The van der Waals surface area contributed by atoms with E-state index in [4.69, 9.17) is 5.11 Å². The highest BCUT2D eigenvalue weighted by Gasteiger charge is 2.13. The van der Waals surface area contributed by atoms with Crippen molar-refractivity contribution in [1.29, 1.82) is 0 Å². The number of Topliss-reactive ketones (excluding diaryl/α,β-unsaturated/α-hetero) is 1. The van der Waals surface area contributed by atoms with Crippen molar-refractivity contribution in [2.24, 2.45) is 5.92 Å². The molecule has 0 aliphatic carbocycles. The van der Waals surface area contributed by atoms with Crippen LogP contribution in [0.25, 0.3) is 0 Å². The molecule has 1 aromatic rings. The Morgan fingerprint density at radius 3 is 2.47 bits per heavy atom. The van der Waals surface area contributed by atoms with Crippen LogP contribution in [0.1, 0.15) is 24.2 Å². The van der Waals surface area contributed by atoms with Gasteiger partial charge in [-0.1, -0.05) is 13.8 Å². The zero-order chi connectivity index (χ0) is 13.0. The van der Waals surface area contributed by atoms with Gasteiger partial charge in [0.15, 0.2) is 5.78 Å².